The van der Waals surface area contributed by atoms with Crippen LogP contribution in [0.1, 0.15) is 11.1 Å². The van der Waals surface area contributed by atoms with Crippen molar-refractivity contribution in [1.82, 2.24) is 18.9 Å². The minimum Gasteiger partial charge on any atom is -0.336 e. The molecule has 2 heterocycles. The van der Waals surface area contributed by atoms with Crippen LogP contribution < -0.4 is 16.6 Å². The third-order valence-corrected chi connectivity index (χ3v) is 5.59. The highest BCUT2D eigenvalue weighted by molar-refractivity contribution is 6.31. The molecule has 0 spiro atoms. The molecule has 1 N–H and O–H groups in total. The zero-order chi connectivity index (χ0) is 22.7. The summed E-state index contributed by atoms with van der Waals surface area (Å²) in [5, 5.41) is 3.39. The van der Waals surface area contributed by atoms with E-state index in [1.165, 1.54) is 37.0 Å². The van der Waals surface area contributed by atoms with Gasteiger partial charge in [0.1, 0.15) is 0 Å². The zero-order valence-corrected chi connectivity index (χ0v) is 18.3. The first-order valence-electron chi connectivity index (χ1n) is 9.73. The lowest BCUT2D eigenvalue weighted by atomic mass is 10.2. The van der Waals surface area contributed by atoms with E-state index >= 15 is 0 Å². The van der Waals surface area contributed by atoms with Crippen molar-refractivity contribution in [1.29, 1.82) is 0 Å². The molecule has 0 radical (unpaired) electrons. The highest BCUT2D eigenvalue weighted by Gasteiger charge is 2.23. The van der Waals surface area contributed by atoms with Crippen LogP contribution in [0.25, 0.3) is 6.08 Å². The number of piperazine rings is 1. The summed E-state index contributed by atoms with van der Waals surface area (Å²) in [6.07, 6.45) is 4.11. The Bertz CT molecular complexity index is 1160. The van der Waals surface area contributed by atoms with E-state index in [0.29, 0.717) is 36.9 Å². The molecule has 0 aliphatic carbocycles. The number of urea groups is 1. The van der Waals surface area contributed by atoms with E-state index in [-0.39, 0.29) is 17.5 Å². The second-order valence-electron chi connectivity index (χ2n) is 7.38. The normalized spacial score (nSPS) is 14.2. The van der Waals surface area contributed by atoms with Gasteiger partial charge in [0.25, 0.3) is 5.56 Å². The van der Waals surface area contributed by atoms with Crippen molar-refractivity contribution in [2.24, 2.45) is 14.1 Å². The monoisotopic (exact) mass is 445 g/mol. The Hall–Kier alpha value is -3.33. The molecule has 2 aromatic rings. The molecule has 0 unspecified atom stereocenters. The average molecular weight is 446 g/mol. The van der Waals surface area contributed by atoms with Gasteiger partial charge in [-0.3, -0.25) is 14.2 Å². The van der Waals surface area contributed by atoms with Gasteiger partial charge in [0.05, 0.1) is 5.56 Å². The summed E-state index contributed by atoms with van der Waals surface area (Å²) < 4.78 is 2.27. The van der Waals surface area contributed by atoms with E-state index in [9.17, 15) is 19.2 Å². The number of hydrogen-bond acceptors (Lipinski definition) is 4. The summed E-state index contributed by atoms with van der Waals surface area (Å²) in [6, 6.07) is 5.06. The topological polar surface area (TPSA) is 96.7 Å². The third-order valence-electron chi connectivity index (χ3n) is 5.18. The SMILES string of the molecule is Cc1ccc(NC(=O)N2CCN(C(=O)C=Cc3cn(C)c(=O)n(C)c3=O)CC2)cc1Cl. The van der Waals surface area contributed by atoms with Crippen LogP contribution in [-0.2, 0) is 18.9 Å². The van der Waals surface area contributed by atoms with Gasteiger partial charge in [0, 0.05) is 63.3 Å². The number of anilines is 1. The second-order valence-corrected chi connectivity index (χ2v) is 7.79. The maximum atomic E-state index is 12.5. The number of aromatic nitrogens is 2. The molecule has 1 fully saturated rings. The molecule has 1 aromatic heterocycles. The lowest BCUT2D eigenvalue weighted by molar-refractivity contribution is -0.127. The van der Waals surface area contributed by atoms with E-state index in [1.54, 1.807) is 21.9 Å². The van der Waals surface area contributed by atoms with Crippen LogP contribution in [0.2, 0.25) is 5.02 Å². The Balaban J connectivity index is 1.58. The number of nitrogens with zero attached hydrogens (tertiary/aromatic N) is 4. The first kappa shape index (κ1) is 22.4. The van der Waals surface area contributed by atoms with Gasteiger partial charge in [0.2, 0.25) is 5.91 Å². The van der Waals surface area contributed by atoms with Gasteiger partial charge in [-0.1, -0.05) is 17.7 Å². The average Bonchev–Trinajstić information content (AvgIpc) is 2.76. The van der Waals surface area contributed by atoms with Gasteiger partial charge >= 0.3 is 11.7 Å². The van der Waals surface area contributed by atoms with E-state index in [1.807, 2.05) is 13.0 Å². The van der Waals surface area contributed by atoms with Gasteiger partial charge in [0.15, 0.2) is 0 Å². The molecule has 1 aliphatic heterocycles. The molecule has 1 aromatic carbocycles. The quantitative estimate of drug-likeness (QED) is 0.723. The number of carbonyl (C=O) groups excluding carboxylic acids is 2. The molecule has 10 heteroatoms. The first-order valence-corrected chi connectivity index (χ1v) is 10.1. The van der Waals surface area contributed by atoms with E-state index in [2.05, 4.69) is 5.32 Å². The van der Waals surface area contributed by atoms with Gasteiger partial charge in [-0.15, -0.1) is 0 Å². The Kier molecular flexibility index (Phi) is 6.65. The van der Waals surface area contributed by atoms with Crippen molar-refractivity contribution in [2.75, 3.05) is 31.5 Å². The highest BCUT2D eigenvalue weighted by Crippen LogP contribution is 2.20. The van der Waals surface area contributed by atoms with Crippen LogP contribution in [0.3, 0.4) is 0 Å². The molecule has 3 amide bonds. The first-order chi connectivity index (χ1) is 14.7. The van der Waals surface area contributed by atoms with Crippen molar-refractivity contribution < 1.29 is 9.59 Å². The highest BCUT2D eigenvalue weighted by atomic mass is 35.5. The van der Waals surface area contributed by atoms with Crippen LogP contribution >= 0.6 is 11.6 Å². The molecule has 0 atom stereocenters. The maximum absolute atomic E-state index is 12.5. The van der Waals surface area contributed by atoms with Crippen molar-refractivity contribution in [2.45, 2.75) is 6.92 Å². The van der Waals surface area contributed by atoms with E-state index < -0.39 is 11.2 Å². The fourth-order valence-corrected chi connectivity index (χ4v) is 3.40. The smallest absolute Gasteiger partial charge is 0.330 e. The minimum atomic E-state index is -0.468. The number of hydrogen-bond donors (Lipinski definition) is 1. The third kappa shape index (κ3) is 5.05. The Labute approximate surface area is 184 Å². The number of nitrogens with one attached hydrogen (secondary N) is 1. The number of amides is 3. The summed E-state index contributed by atoms with van der Waals surface area (Å²) in [7, 11) is 2.93. The Morgan fingerprint density at radius 3 is 2.35 bits per heavy atom. The van der Waals surface area contributed by atoms with Crippen molar-refractivity contribution >= 4 is 35.3 Å². The molecule has 9 nitrogen and oxygen atoms in total. The molecule has 31 heavy (non-hydrogen) atoms. The molecule has 3 rings (SSSR count). The van der Waals surface area contributed by atoms with E-state index in [4.69, 9.17) is 11.6 Å². The number of halogens is 1. The van der Waals surface area contributed by atoms with Crippen molar-refractivity contribution in [3.63, 3.8) is 0 Å². The van der Waals surface area contributed by atoms with Gasteiger partial charge in [-0.25, -0.2) is 9.59 Å². The second kappa shape index (κ2) is 9.22. The van der Waals surface area contributed by atoms with Crippen LogP contribution in [0.4, 0.5) is 10.5 Å². The summed E-state index contributed by atoms with van der Waals surface area (Å²) in [5.74, 6) is -0.263. The molecular weight excluding hydrogens is 422 g/mol. The summed E-state index contributed by atoms with van der Waals surface area (Å²) in [6.45, 7) is 3.39. The van der Waals surface area contributed by atoms with Crippen molar-refractivity contribution in [3.05, 3.63) is 67.5 Å². The fraction of sp³-hybridized carbons (Fsp3) is 0.333. The van der Waals surface area contributed by atoms with Crippen LogP contribution in [0, 0.1) is 6.92 Å². The molecule has 0 bridgehead atoms. The minimum absolute atomic E-state index is 0.243. The molecule has 1 saturated heterocycles. The van der Waals surface area contributed by atoms with E-state index in [0.717, 1.165) is 10.1 Å². The fourth-order valence-electron chi connectivity index (χ4n) is 3.22. The lowest BCUT2D eigenvalue weighted by Gasteiger charge is -2.34. The molecule has 164 valence electrons. The van der Waals surface area contributed by atoms with Crippen LogP contribution in [0.5, 0.6) is 0 Å². The van der Waals surface area contributed by atoms with Gasteiger partial charge < -0.3 is 19.7 Å². The summed E-state index contributed by atoms with van der Waals surface area (Å²) in [5.41, 5.74) is 0.879. The predicted octanol–water partition coefficient (Wildman–Crippen LogP) is 1.44. The molecular formula is C21H24ClN5O4. The molecule has 0 saturated carbocycles. The standard InChI is InChI=1S/C21H24ClN5O4/c1-14-4-6-16(12-17(14)22)23-20(30)27-10-8-26(9-11-27)18(28)7-5-15-13-24(2)21(31)25(3)19(15)29/h4-7,12-13H,8-11H2,1-3H3,(H,23,30). The lowest BCUT2D eigenvalue weighted by Crippen LogP contribution is -2.51. The summed E-state index contributed by atoms with van der Waals surface area (Å²) in [4.78, 5) is 52.1. The van der Waals surface area contributed by atoms with Gasteiger partial charge in [-0.05, 0) is 30.7 Å². The number of benzene rings is 1. The van der Waals surface area contributed by atoms with Crippen LogP contribution in [-0.4, -0.2) is 57.1 Å². The maximum Gasteiger partial charge on any atom is 0.330 e. The van der Waals surface area contributed by atoms with Crippen molar-refractivity contribution in [3.8, 4) is 0 Å². The predicted molar refractivity (Wildman–Crippen MR) is 119 cm³/mol. The van der Waals surface area contributed by atoms with Crippen LogP contribution in [0.15, 0.2) is 40.1 Å². The molecule has 1 aliphatic rings. The van der Waals surface area contributed by atoms with Gasteiger partial charge in [-0.2, -0.15) is 0 Å². The number of carbonyl (C=O) groups is 2. The summed E-state index contributed by atoms with van der Waals surface area (Å²) >= 11 is 6.09. The Morgan fingerprint density at radius 2 is 1.71 bits per heavy atom. The Morgan fingerprint density at radius 1 is 1.06 bits per heavy atom. The largest absolute Gasteiger partial charge is 0.336 e. The zero-order valence-electron chi connectivity index (χ0n) is 17.6. The number of aryl methyl sites for hydroxylation is 2. The number of rotatable bonds is 3.